The number of anilines is 2. The third-order valence-electron chi connectivity index (χ3n) is 6.58. The maximum Gasteiger partial charge on any atom is 0.242 e. The third kappa shape index (κ3) is 4.07. The van der Waals surface area contributed by atoms with Crippen molar-refractivity contribution in [3.8, 4) is 5.75 Å². The Hall–Kier alpha value is -3.37. The highest BCUT2D eigenvalue weighted by Gasteiger charge is 2.48. The monoisotopic (exact) mass is 441 g/mol. The summed E-state index contributed by atoms with van der Waals surface area (Å²) in [7, 11) is 1.68. The Morgan fingerprint density at radius 3 is 2.39 bits per heavy atom. The molecule has 0 saturated heterocycles. The number of allylic oxidation sites excluding steroid dienone is 1. The second-order valence-electron chi connectivity index (χ2n) is 9.15. The molecule has 3 aromatic rings. The zero-order chi connectivity index (χ0) is 23.6. The topological polar surface area (TPSA) is 38.8 Å². The van der Waals surface area contributed by atoms with Crippen molar-refractivity contribution in [2.75, 3.05) is 12.0 Å². The van der Waals surface area contributed by atoms with E-state index < -0.39 is 11.0 Å². The van der Waals surface area contributed by atoms with Gasteiger partial charge in [0.15, 0.2) is 0 Å². The maximum atomic E-state index is 13.8. The molecule has 1 heterocycles. The molecular weight excluding hydrogens is 410 g/mol. The first-order valence-electron chi connectivity index (χ1n) is 11.2. The fourth-order valence-corrected chi connectivity index (χ4v) is 4.46. The second-order valence-corrected chi connectivity index (χ2v) is 9.15. The fraction of sp³-hybridized carbons (Fsp3) is 0.276. The number of ether oxygens (including phenoxy) is 2. The van der Waals surface area contributed by atoms with Gasteiger partial charge in [0.05, 0.1) is 22.4 Å². The summed E-state index contributed by atoms with van der Waals surface area (Å²) in [5, 5.41) is 0. The lowest BCUT2D eigenvalue weighted by Crippen LogP contribution is -2.36. The first-order valence-corrected chi connectivity index (χ1v) is 11.2. The van der Waals surface area contributed by atoms with Crippen LogP contribution in [0.15, 0.2) is 85.5 Å². The molecule has 0 radical (unpaired) electrons. The molecule has 33 heavy (non-hydrogen) atoms. The number of carbonyl (C=O) groups is 1. The molecule has 1 atom stereocenters. The number of nitrogens with zero attached hydrogens (tertiary/aromatic N) is 1. The first kappa shape index (κ1) is 22.8. The van der Waals surface area contributed by atoms with Crippen molar-refractivity contribution in [2.24, 2.45) is 0 Å². The lowest BCUT2D eigenvalue weighted by molar-refractivity contribution is -0.121. The van der Waals surface area contributed by atoms with Gasteiger partial charge in [-0.05, 0) is 62.6 Å². The second kappa shape index (κ2) is 8.87. The first-order chi connectivity index (χ1) is 15.8. The van der Waals surface area contributed by atoms with E-state index >= 15 is 0 Å². The highest BCUT2D eigenvalue weighted by molar-refractivity contribution is 6.13. The van der Waals surface area contributed by atoms with Crippen molar-refractivity contribution in [1.82, 2.24) is 0 Å². The Morgan fingerprint density at radius 2 is 1.70 bits per heavy atom. The van der Waals surface area contributed by atoms with Crippen LogP contribution >= 0.6 is 0 Å². The summed E-state index contributed by atoms with van der Waals surface area (Å²) >= 11 is 0. The number of amides is 1. The van der Waals surface area contributed by atoms with Crippen LogP contribution in [0, 0.1) is 0 Å². The summed E-state index contributed by atoms with van der Waals surface area (Å²) in [6.07, 6.45) is 2.39. The van der Waals surface area contributed by atoms with E-state index in [-0.39, 0.29) is 5.91 Å². The van der Waals surface area contributed by atoms with Crippen LogP contribution in [0.1, 0.15) is 43.9 Å². The van der Waals surface area contributed by atoms with E-state index in [9.17, 15) is 4.79 Å². The number of hydrogen-bond donors (Lipinski definition) is 0. The highest BCUT2D eigenvalue weighted by atomic mass is 16.5. The average Bonchev–Trinajstić information content (AvgIpc) is 3.05. The van der Waals surface area contributed by atoms with Gasteiger partial charge in [0.2, 0.25) is 5.91 Å². The van der Waals surface area contributed by atoms with Gasteiger partial charge in [-0.15, -0.1) is 6.58 Å². The normalized spacial score (nSPS) is 17.7. The number of para-hydroxylation sites is 1. The van der Waals surface area contributed by atoms with Crippen LogP contribution < -0.4 is 9.64 Å². The molecule has 3 aromatic carbocycles. The van der Waals surface area contributed by atoms with E-state index in [0.29, 0.717) is 13.0 Å². The van der Waals surface area contributed by atoms with Gasteiger partial charge in [0.25, 0.3) is 0 Å². The molecule has 4 heteroatoms. The number of methoxy groups -OCH3 is 1. The predicted molar refractivity (Wildman–Crippen MR) is 133 cm³/mol. The smallest absolute Gasteiger partial charge is 0.242 e. The third-order valence-corrected chi connectivity index (χ3v) is 6.58. The standard InChI is InChI=1S/C29H31NO3/c1-6-18-29(4)23-14-10-11-15-25(23)30(27(29)31)26-17-16-22(19-24(26)28(2,3)32-5)33-20-21-12-8-7-9-13-21/h6-17,19H,1,18,20H2,2-5H3. The molecule has 1 aliphatic rings. The largest absolute Gasteiger partial charge is 0.489 e. The SMILES string of the molecule is C=CCC1(C)C(=O)N(c2ccc(OCc3ccccc3)cc2C(C)(C)OC)c2ccccc21. The van der Waals surface area contributed by atoms with E-state index in [1.165, 1.54) is 0 Å². The number of benzene rings is 3. The molecule has 0 N–H and O–H groups in total. The summed E-state index contributed by atoms with van der Waals surface area (Å²) in [6, 6.07) is 23.9. The van der Waals surface area contributed by atoms with Gasteiger partial charge in [-0.3, -0.25) is 9.69 Å². The summed E-state index contributed by atoms with van der Waals surface area (Å²) < 4.78 is 11.9. The molecule has 4 rings (SSSR count). The number of rotatable bonds is 8. The Labute approximate surface area is 196 Å². The molecule has 1 unspecified atom stereocenters. The van der Waals surface area contributed by atoms with Gasteiger partial charge < -0.3 is 9.47 Å². The van der Waals surface area contributed by atoms with E-state index in [1.807, 2.05) is 105 Å². The van der Waals surface area contributed by atoms with Crippen molar-refractivity contribution < 1.29 is 14.3 Å². The highest BCUT2D eigenvalue weighted by Crippen LogP contribution is 2.49. The van der Waals surface area contributed by atoms with E-state index in [0.717, 1.165) is 33.8 Å². The minimum Gasteiger partial charge on any atom is -0.489 e. The van der Waals surface area contributed by atoms with Gasteiger partial charge in [-0.2, -0.15) is 0 Å². The van der Waals surface area contributed by atoms with Crippen LogP contribution in [-0.2, 0) is 27.2 Å². The van der Waals surface area contributed by atoms with E-state index in [2.05, 4.69) is 6.58 Å². The summed E-state index contributed by atoms with van der Waals surface area (Å²) in [5.41, 5.74) is 3.42. The fourth-order valence-electron chi connectivity index (χ4n) is 4.46. The van der Waals surface area contributed by atoms with Gasteiger partial charge in [0, 0.05) is 12.7 Å². The van der Waals surface area contributed by atoms with Crippen LogP contribution in [0.2, 0.25) is 0 Å². The maximum absolute atomic E-state index is 13.8. The number of fused-ring (bicyclic) bond motifs is 1. The summed E-state index contributed by atoms with van der Waals surface area (Å²) in [4.78, 5) is 15.7. The molecule has 0 aromatic heterocycles. The van der Waals surface area contributed by atoms with Crippen LogP contribution in [0.25, 0.3) is 0 Å². The molecule has 0 fully saturated rings. The lowest BCUT2D eigenvalue weighted by Gasteiger charge is -2.31. The molecule has 4 nitrogen and oxygen atoms in total. The molecule has 1 amide bonds. The quantitative estimate of drug-likeness (QED) is 0.367. The summed E-state index contributed by atoms with van der Waals surface area (Å²) in [6.45, 7) is 10.4. The molecule has 0 spiro atoms. The number of carbonyl (C=O) groups excluding carboxylic acids is 1. The zero-order valence-corrected chi connectivity index (χ0v) is 19.8. The van der Waals surface area contributed by atoms with Crippen LogP contribution in [0.3, 0.4) is 0 Å². The molecule has 170 valence electrons. The molecule has 1 aliphatic heterocycles. The Bertz CT molecular complexity index is 1170. The summed E-state index contributed by atoms with van der Waals surface area (Å²) in [5.74, 6) is 0.770. The van der Waals surface area contributed by atoms with Gasteiger partial charge >= 0.3 is 0 Å². The molecule has 0 saturated carbocycles. The van der Waals surface area contributed by atoms with Crippen molar-refractivity contribution in [3.05, 3.63) is 102 Å². The molecular formula is C29H31NO3. The molecule has 0 aliphatic carbocycles. The van der Waals surface area contributed by atoms with E-state index in [1.54, 1.807) is 7.11 Å². The Balaban J connectivity index is 1.78. The minimum absolute atomic E-state index is 0.0368. The van der Waals surface area contributed by atoms with Gasteiger partial charge in [-0.1, -0.05) is 54.6 Å². The minimum atomic E-state index is -0.657. The van der Waals surface area contributed by atoms with E-state index in [4.69, 9.17) is 9.47 Å². The van der Waals surface area contributed by atoms with Crippen molar-refractivity contribution >= 4 is 17.3 Å². The van der Waals surface area contributed by atoms with Gasteiger partial charge in [-0.25, -0.2) is 0 Å². The predicted octanol–water partition coefficient (Wildman–Crippen LogP) is 6.66. The van der Waals surface area contributed by atoms with Crippen molar-refractivity contribution in [2.45, 2.75) is 44.8 Å². The van der Waals surface area contributed by atoms with Gasteiger partial charge in [0.1, 0.15) is 12.4 Å². The van der Waals surface area contributed by atoms with Crippen LogP contribution in [0.5, 0.6) is 5.75 Å². The number of hydrogen-bond acceptors (Lipinski definition) is 3. The average molecular weight is 442 g/mol. The van der Waals surface area contributed by atoms with Crippen LogP contribution in [-0.4, -0.2) is 13.0 Å². The van der Waals surface area contributed by atoms with Crippen molar-refractivity contribution in [3.63, 3.8) is 0 Å². The van der Waals surface area contributed by atoms with Crippen LogP contribution in [0.4, 0.5) is 11.4 Å². The zero-order valence-electron chi connectivity index (χ0n) is 19.8. The Kier molecular flexibility index (Phi) is 6.13. The van der Waals surface area contributed by atoms with Crippen molar-refractivity contribution in [1.29, 1.82) is 0 Å². The molecule has 0 bridgehead atoms. The Morgan fingerprint density at radius 1 is 1.00 bits per heavy atom. The lowest BCUT2D eigenvalue weighted by atomic mass is 9.81.